The van der Waals surface area contributed by atoms with Crippen molar-refractivity contribution in [3.8, 4) is 0 Å². The first-order valence-corrected chi connectivity index (χ1v) is 12.2. The summed E-state index contributed by atoms with van der Waals surface area (Å²) in [5, 5.41) is 11.0. The van der Waals surface area contributed by atoms with Crippen LogP contribution < -0.4 is 5.32 Å². The van der Waals surface area contributed by atoms with Crippen molar-refractivity contribution < 1.29 is 18.3 Å². The van der Waals surface area contributed by atoms with Gasteiger partial charge in [-0.05, 0) is 55.6 Å². The first-order chi connectivity index (χ1) is 16.9. The molecule has 2 aliphatic rings. The molecule has 8 nitrogen and oxygen atoms in total. The van der Waals surface area contributed by atoms with Gasteiger partial charge in [0.25, 0.3) is 12.3 Å². The molecule has 1 aliphatic carbocycles. The van der Waals surface area contributed by atoms with Gasteiger partial charge in [-0.1, -0.05) is 19.9 Å². The molecule has 5 rings (SSSR count). The summed E-state index contributed by atoms with van der Waals surface area (Å²) < 4.78 is 36.1. The van der Waals surface area contributed by atoms with Gasteiger partial charge in [0.05, 0.1) is 36.8 Å². The van der Waals surface area contributed by atoms with Gasteiger partial charge in [0.15, 0.2) is 11.3 Å². The highest BCUT2D eigenvalue weighted by molar-refractivity contribution is 6.08. The van der Waals surface area contributed by atoms with E-state index in [1.165, 1.54) is 16.9 Å². The van der Waals surface area contributed by atoms with Gasteiger partial charge in [0, 0.05) is 12.4 Å². The Morgan fingerprint density at radius 1 is 1.23 bits per heavy atom. The van der Waals surface area contributed by atoms with Crippen LogP contribution in [0, 0.1) is 11.8 Å². The fourth-order valence-corrected chi connectivity index (χ4v) is 5.04. The highest BCUT2D eigenvalue weighted by Gasteiger charge is 2.28. The Labute approximate surface area is 202 Å². The second-order valence-electron chi connectivity index (χ2n) is 9.67. The zero-order valence-electron chi connectivity index (χ0n) is 20.0. The molecule has 3 aromatic heterocycles. The molecule has 4 heterocycles. The van der Waals surface area contributed by atoms with Gasteiger partial charge < -0.3 is 10.1 Å². The van der Waals surface area contributed by atoms with Gasteiger partial charge in [0.1, 0.15) is 5.56 Å². The van der Waals surface area contributed by atoms with Crippen LogP contribution in [0.3, 0.4) is 0 Å². The Bertz CT molecular complexity index is 1240. The number of nitrogens with one attached hydrogen (secondary N) is 1. The van der Waals surface area contributed by atoms with Gasteiger partial charge in [-0.2, -0.15) is 10.2 Å². The van der Waals surface area contributed by atoms with E-state index in [4.69, 9.17) is 4.74 Å². The summed E-state index contributed by atoms with van der Waals surface area (Å²) >= 11 is 0. The van der Waals surface area contributed by atoms with Gasteiger partial charge in [-0.15, -0.1) is 0 Å². The number of carbonyl (C=O) groups is 1. The van der Waals surface area contributed by atoms with E-state index in [0.29, 0.717) is 30.7 Å². The lowest BCUT2D eigenvalue weighted by molar-refractivity contribution is 0.102. The maximum atomic E-state index is 13.8. The van der Waals surface area contributed by atoms with Crippen molar-refractivity contribution >= 4 is 22.8 Å². The van der Waals surface area contributed by atoms with E-state index < -0.39 is 18.0 Å². The number of rotatable bonds is 6. The second-order valence-corrected chi connectivity index (χ2v) is 9.67. The summed E-state index contributed by atoms with van der Waals surface area (Å²) in [5.41, 5.74) is 1.98. The summed E-state index contributed by atoms with van der Waals surface area (Å²) in [4.78, 5) is 17.8. The Kier molecular flexibility index (Phi) is 6.64. The van der Waals surface area contributed by atoms with Crippen LogP contribution in [0.2, 0.25) is 0 Å². The Morgan fingerprint density at radius 3 is 2.71 bits per heavy atom. The van der Waals surface area contributed by atoms with Crippen molar-refractivity contribution in [1.29, 1.82) is 0 Å². The maximum Gasteiger partial charge on any atom is 0.284 e. The molecule has 1 saturated carbocycles. The predicted molar refractivity (Wildman–Crippen MR) is 127 cm³/mol. The molecule has 35 heavy (non-hydrogen) atoms. The van der Waals surface area contributed by atoms with Crippen molar-refractivity contribution in [2.24, 2.45) is 11.8 Å². The molecule has 3 aromatic rings. The number of nitrogens with zero attached hydrogens (tertiary/aromatic N) is 5. The molecule has 10 heteroatoms. The minimum absolute atomic E-state index is 0.0265. The van der Waals surface area contributed by atoms with Gasteiger partial charge in [-0.25, -0.2) is 18.3 Å². The molecule has 0 bridgehead atoms. The first kappa shape index (κ1) is 23.6. The van der Waals surface area contributed by atoms with E-state index in [2.05, 4.69) is 34.3 Å². The number of carbonyl (C=O) groups excluding carboxylic acids is 1. The van der Waals surface area contributed by atoms with Crippen LogP contribution in [-0.4, -0.2) is 43.5 Å². The van der Waals surface area contributed by atoms with Gasteiger partial charge in [-0.3, -0.25) is 9.48 Å². The molecule has 1 amide bonds. The molecular formula is C25H30F2N6O2. The minimum Gasteiger partial charge on any atom is -0.377 e. The number of anilines is 1. The second kappa shape index (κ2) is 9.85. The van der Waals surface area contributed by atoms with E-state index in [0.717, 1.165) is 43.4 Å². The third-order valence-electron chi connectivity index (χ3n) is 7.18. The Balaban J connectivity index is 1.38. The van der Waals surface area contributed by atoms with Gasteiger partial charge >= 0.3 is 0 Å². The third kappa shape index (κ3) is 4.84. The number of aromatic nitrogens is 5. The fraction of sp³-hybridized carbons (Fsp3) is 0.520. The molecule has 0 atom stereocenters. The van der Waals surface area contributed by atoms with Crippen LogP contribution >= 0.6 is 0 Å². The number of halogens is 2. The van der Waals surface area contributed by atoms with E-state index >= 15 is 0 Å². The van der Waals surface area contributed by atoms with Crippen LogP contribution in [0.5, 0.6) is 0 Å². The van der Waals surface area contributed by atoms with Crippen LogP contribution in [-0.2, 0) is 4.74 Å². The first-order valence-electron chi connectivity index (χ1n) is 12.2. The van der Waals surface area contributed by atoms with E-state index in [1.54, 1.807) is 10.9 Å². The highest BCUT2D eigenvalue weighted by atomic mass is 19.3. The average molecular weight is 485 g/mol. The molecule has 1 aliphatic heterocycles. The number of amides is 1. The van der Waals surface area contributed by atoms with E-state index in [-0.39, 0.29) is 17.3 Å². The third-order valence-corrected chi connectivity index (χ3v) is 7.18. The van der Waals surface area contributed by atoms with Crippen LogP contribution in [0.1, 0.15) is 80.2 Å². The molecule has 1 N–H and O–H groups in total. The summed E-state index contributed by atoms with van der Waals surface area (Å²) in [7, 11) is 0. The summed E-state index contributed by atoms with van der Waals surface area (Å²) in [6.45, 7) is 5.58. The monoisotopic (exact) mass is 484 g/mol. The molecule has 0 radical (unpaired) electrons. The highest BCUT2D eigenvalue weighted by Crippen LogP contribution is 2.37. The summed E-state index contributed by atoms with van der Waals surface area (Å²) in [5.74, 6) is 0.721. The van der Waals surface area contributed by atoms with Crippen molar-refractivity contribution in [2.75, 3.05) is 18.5 Å². The van der Waals surface area contributed by atoms with E-state index in [9.17, 15) is 13.6 Å². The lowest BCUT2D eigenvalue weighted by atomic mass is 9.80. The van der Waals surface area contributed by atoms with Crippen molar-refractivity contribution in [3.63, 3.8) is 0 Å². The zero-order valence-corrected chi connectivity index (χ0v) is 20.0. The molecule has 186 valence electrons. The molecule has 1 fully saturated rings. The van der Waals surface area contributed by atoms with Gasteiger partial charge in [0.2, 0.25) is 0 Å². The normalized spacial score (nSPS) is 21.0. The van der Waals surface area contributed by atoms with E-state index in [1.807, 2.05) is 12.1 Å². The quantitative estimate of drug-likeness (QED) is 0.513. The summed E-state index contributed by atoms with van der Waals surface area (Å²) in [6, 6.07) is 1.90. The smallest absolute Gasteiger partial charge is 0.284 e. The lowest BCUT2D eigenvalue weighted by Gasteiger charge is -2.30. The number of alkyl halides is 2. The number of hydrogen-bond donors (Lipinski definition) is 1. The van der Waals surface area contributed by atoms with Crippen molar-refractivity contribution in [2.45, 2.75) is 58.4 Å². The molecular weight excluding hydrogens is 454 g/mol. The molecule has 0 unspecified atom stereocenters. The van der Waals surface area contributed by atoms with Crippen LogP contribution in [0.15, 0.2) is 30.7 Å². The fourth-order valence-electron chi connectivity index (χ4n) is 5.04. The SMILES string of the molecule is CC(C)C1CCC(n2cc(NC(=O)c3cnn4ccc(C5=CCOCC5)nc34)c(C(F)F)n2)CC1. The van der Waals surface area contributed by atoms with Crippen molar-refractivity contribution in [1.82, 2.24) is 24.4 Å². The lowest BCUT2D eigenvalue weighted by Crippen LogP contribution is -2.21. The predicted octanol–water partition coefficient (Wildman–Crippen LogP) is 5.31. The topological polar surface area (TPSA) is 86.3 Å². The minimum atomic E-state index is -2.80. The molecule has 0 spiro atoms. The Hall–Kier alpha value is -3.14. The zero-order chi connectivity index (χ0) is 24.5. The molecule has 0 aromatic carbocycles. The standard InChI is InChI=1S/C25H30F2N6O2/c1-15(2)16-3-5-18(6-4-16)33-14-21(22(31-33)23(26)27)30-25(34)19-13-28-32-10-7-20(29-24(19)32)17-8-11-35-12-9-17/h7-8,10,13-16,18,23H,3-6,9,11-12H2,1-2H3,(H,30,34). The number of hydrogen-bond acceptors (Lipinski definition) is 5. The maximum absolute atomic E-state index is 13.8. The van der Waals surface area contributed by atoms with Crippen LogP contribution in [0.4, 0.5) is 14.5 Å². The molecule has 0 saturated heterocycles. The Morgan fingerprint density at radius 2 is 2.03 bits per heavy atom. The van der Waals surface area contributed by atoms with Crippen molar-refractivity contribution in [3.05, 3.63) is 47.7 Å². The average Bonchev–Trinajstić information content (AvgIpc) is 3.49. The summed E-state index contributed by atoms with van der Waals surface area (Å²) in [6.07, 6.45) is 8.46. The number of fused-ring (bicyclic) bond motifs is 1. The van der Waals surface area contributed by atoms with Crippen LogP contribution in [0.25, 0.3) is 11.2 Å². The largest absolute Gasteiger partial charge is 0.377 e. The number of ether oxygens (including phenoxy) is 1.